The van der Waals surface area contributed by atoms with Gasteiger partial charge in [-0.05, 0) is 24.5 Å². The summed E-state index contributed by atoms with van der Waals surface area (Å²) in [6.07, 6.45) is 0.246. The van der Waals surface area contributed by atoms with Crippen LogP contribution in [0.25, 0.3) is 0 Å². The first-order valence-corrected chi connectivity index (χ1v) is 5.89. The van der Waals surface area contributed by atoms with Gasteiger partial charge in [0.2, 0.25) is 5.91 Å². The fourth-order valence-corrected chi connectivity index (χ4v) is 2.20. The van der Waals surface area contributed by atoms with Crippen LogP contribution in [0.1, 0.15) is 12.0 Å². The summed E-state index contributed by atoms with van der Waals surface area (Å²) in [5.74, 6) is -1.38. The summed E-state index contributed by atoms with van der Waals surface area (Å²) in [5.41, 5.74) is 0.0751. The van der Waals surface area contributed by atoms with Gasteiger partial charge in [0.15, 0.2) is 5.82 Å². The first kappa shape index (κ1) is 12.3. The molecule has 1 unspecified atom stereocenters. The van der Waals surface area contributed by atoms with E-state index >= 15 is 0 Å². The SMILES string of the molecule is Cc1ccc(F)c(N2CC(CCl)CC2=O)c1F. The molecular weight excluding hydrogens is 248 g/mol. The lowest BCUT2D eigenvalue weighted by molar-refractivity contribution is -0.117. The van der Waals surface area contributed by atoms with E-state index in [1.165, 1.54) is 19.1 Å². The maximum atomic E-state index is 13.9. The van der Waals surface area contributed by atoms with Gasteiger partial charge in [-0.15, -0.1) is 11.6 Å². The normalized spacial score (nSPS) is 20.1. The van der Waals surface area contributed by atoms with Crippen molar-refractivity contribution in [1.82, 2.24) is 0 Å². The zero-order valence-electron chi connectivity index (χ0n) is 9.34. The number of halogens is 3. The van der Waals surface area contributed by atoms with E-state index in [0.717, 1.165) is 4.90 Å². The number of benzene rings is 1. The molecule has 0 spiro atoms. The summed E-state index contributed by atoms with van der Waals surface area (Å²) in [4.78, 5) is 12.9. The molecule has 1 aliphatic rings. The van der Waals surface area contributed by atoms with Crippen molar-refractivity contribution in [2.24, 2.45) is 5.92 Å². The van der Waals surface area contributed by atoms with Gasteiger partial charge in [-0.25, -0.2) is 8.78 Å². The minimum Gasteiger partial charge on any atom is -0.307 e. The Hall–Kier alpha value is -1.16. The first-order chi connectivity index (χ1) is 8.04. The molecule has 17 heavy (non-hydrogen) atoms. The highest BCUT2D eigenvalue weighted by Gasteiger charge is 2.33. The van der Waals surface area contributed by atoms with Crippen molar-refractivity contribution >= 4 is 23.2 Å². The Morgan fingerprint density at radius 3 is 2.76 bits per heavy atom. The minimum atomic E-state index is -0.711. The predicted molar refractivity (Wildman–Crippen MR) is 62.3 cm³/mol. The van der Waals surface area contributed by atoms with E-state index < -0.39 is 11.6 Å². The van der Waals surface area contributed by atoms with Crippen molar-refractivity contribution in [2.45, 2.75) is 13.3 Å². The summed E-state index contributed by atoms with van der Waals surface area (Å²) < 4.78 is 27.5. The van der Waals surface area contributed by atoms with Crippen molar-refractivity contribution in [3.05, 3.63) is 29.3 Å². The summed E-state index contributed by atoms with van der Waals surface area (Å²) in [7, 11) is 0. The molecular formula is C12H12ClF2NO. The standard InChI is InChI=1S/C12H12ClF2NO/c1-7-2-3-9(14)12(11(7)15)16-6-8(5-13)4-10(16)17/h2-3,8H,4-6H2,1H3. The third-order valence-electron chi connectivity index (χ3n) is 2.95. The molecule has 2 nitrogen and oxygen atoms in total. The number of carbonyl (C=O) groups excluding carboxylic acids is 1. The molecule has 0 aromatic heterocycles. The van der Waals surface area contributed by atoms with Crippen LogP contribution in [0.15, 0.2) is 12.1 Å². The van der Waals surface area contributed by atoms with Gasteiger partial charge in [0.25, 0.3) is 0 Å². The van der Waals surface area contributed by atoms with Crippen LogP contribution in [0.2, 0.25) is 0 Å². The number of alkyl halides is 1. The van der Waals surface area contributed by atoms with Gasteiger partial charge in [-0.2, -0.15) is 0 Å². The molecule has 0 bridgehead atoms. The number of anilines is 1. The Balaban J connectivity index is 2.41. The highest BCUT2D eigenvalue weighted by Crippen LogP contribution is 2.31. The van der Waals surface area contributed by atoms with E-state index in [9.17, 15) is 13.6 Å². The zero-order chi connectivity index (χ0) is 12.6. The summed E-state index contributed by atoms with van der Waals surface area (Å²) in [6, 6.07) is 2.53. The molecule has 0 radical (unpaired) electrons. The summed E-state index contributed by atoms with van der Waals surface area (Å²) >= 11 is 5.67. The van der Waals surface area contributed by atoms with E-state index in [1.54, 1.807) is 0 Å². The molecule has 0 N–H and O–H groups in total. The molecule has 0 aliphatic carbocycles. The first-order valence-electron chi connectivity index (χ1n) is 5.35. The Labute approximate surface area is 103 Å². The van der Waals surface area contributed by atoms with Gasteiger partial charge in [0.05, 0.1) is 0 Å². The van der Waals surface area contributed by atoms with Gasteiger partial charge < -0.3 is 4.90 Å². The maximum absolute atomic E-state index is 13.9. The average Bonchev–Trinajstić information content (AvgIpc) is 2.66. The second-order valence-corrected chi connectivity index (χ2v) is 4.56. The third kappa shape index (κ3) is 2.14. The highest BCUT2D eigenvalue weighted by molar-refractivity contribution is 6.18. The van der Waals surface area contributed by atoms with Crippen LogP contribution in [-0.2, 0) is 4.79 Å². The van der Waals surface area contributed by atoms with Crippen LogP contribution in [0.3, 0.4) is 0 Å². The van der Waals surface area contributed by atoms with Gasteiger partial charge in [0, 0.05) is 18.8 Å². The molecule has 92 valence electrons. The molecule has 0 saturated carbocycles. The number of aryl methyl sites for hydroxylation is 1. The average molecular weight is 260 g/mol. The van der Waals surface area contributed by atoms with Crippen LogP contribution in [0, 0.1) is 24.5 Å². The quantitative estimate of drug-likeness (QED) is 0.748. The van der Waals surface area contributed by atoms with Crippen LogP contribution in [-0.4, -0.2) is 18.3 Å². The van der Waals surface area contributed by atoms with E-state index in [2.05, 4.69) is 0 Å². The monoisotopic (exact) mass is 259 g/mol. The van der Waals surface area contributed by atoms with Gasteiger partial charge >= 0.3 is 0 Å². The zero-order valence-corrected chi connectivity index (χ0v) is 10.1. The van der Waals surface area contributed by atoms with Crippen LogP contribution in [0.4, 0.5) is 14.5 Å². The maximum Gasteiger partial charge on any atom is 0.227 e. The van der Waals surface area contributed by atoms with E-state index in [0.29, 0.717) is 11.4 Å². The Morgan fingerprint density at radius 1 is 1.47 bits per heavy atom. The predicted octanol–water partition coefficient (Wildman–Crippen LogP) is 2.86. The molecule has 1 fully saturated rings. The molecule has 1 heterocycles. The molecule has 2 rings (SSSR count). The molecule has 5 heteroatoms. The number of rotatable bonds is 2. The van der Waals surface area contributed by atoms with Crippen LogP contribution < -0.4 is 4.90 Å². The smallest absolute Gasteiger partial charge is 0.227 e. The highest BCUT2D eigenvalue weighted by atomic mass is 35.5. The number of amides is 1. The van der Waals surface area contributed by atoms with Crippen molar-refractivity contribution in [1.29, 1.82) is 0 Å². The number of hydrogen-bond acceptors (Lipinski definition) is 1. The van der Waals surface area contributed by atoms with Gasteiger partial charge in [0.1, 0.15) is 11.5 Å². The molecule has 1 aromatic carbocycles. The lowest BCUT2D eigenvalue weighted by Crippen LogP contribution is -2.27. The van der Waals surface area contributed by atoms with E-state index in [-0.39, 0.29) is 30.5 Å². The fourth-order valence-electron chi connectivity index (χ4n) is 1.99. The molecule has 1 aromatic rings. The van der Waals surface area contributed by atoms with Crippen molar-refractivity contribution in [2.75, 3.05) is 17.3 Å². The molecule has 1 aliphatic heterocycles. The lowest BCUT2D eigenvalue weighted by atomic mass is 10.1. The second kappa shape index (κ2) is 4.61. The Morgan fingerprint density at radius 2 is 2.18 bits per heavy atom. The van der Waals surface area contributed by atoms with Crippen LogP contribution >= 0.6 is 11.6 Å². The fraction of sp³-hybridized carbons (Fsp3) is 0.417. The van der Waals surface area contributed by atoms with Gasteiger partial charge in [-0.3, -0.25) is 4.79 Å². The lowest BCUT2D eigenvalue weighted by Gasteiger charge is -2.18. The van der Waals surface area contributed by atoms with Crippen molar-refractivity contribution in [3.8, 4) is 0 Å². The van der Waals surface area contributed by atoms with Crippen LogP contribution in [0.5, 0.6) is 0 Å². The summed E-state index contributed by atoms with van der Waals surface area (Å²) in [6.45, 7) is 1.82. The topological polar surface area (TPSA) is 20.3 Å². The molecule has 1 atom stereocenters. The third-order valence-corrected chi connectivity index (χ3v) is 3.39. The van der Waals surface area contributed by atoms with E-state index in [4.69, 9.17) is 11.6 Å². The molecule has 1 saturated heterocycles. The summed E-state index contributed by atoms with van der Waals surface area (Å²) in [5, 5.41) is 0. The van der Waals surface area contributed by atoms with Gasteiger partial charge in [-0.1, -0.05) is 6.07 Å². The Kier molecular flexibility index (Phi) is 3.33. The minimum absolute atomic E-state index is 0.0384. The van der Waals surface area contributed by atoms with E-state index in [1.807, 2.05) is 0 Å². The van der Waals surface area contributed by atoms with Crippen molar-refractivity contribution in [3.63, 3.8) is 0 Å². The number of hydrogen-bond donors (Lipinski definition) is 0. The number of carbonyl (C=O) groups is 1. The second-order valence-electron chi connectivity index (χ2n) is 4.26. The molecule has 1 amide bonds. The number of nitrogens with zero attached hydrogens (tertiary/aromatic N) is 1. The van der Waals surface area contributed by atoms with Crippen molar-refractivity contribution < 1.29 is 13.6 Å². The largest absolute Gasteiger partial charge is 0.307 e. The Bertz CT molecular complexity index is 464.